The summed E-state index contributed by atoms with van der Waals surface area (Å²) in [6, 6.07) is 9.17. The number of Topliss-reactive ketones (excluding diaryl/α,β-unsaturated/α-hetero) is 1. The molecule has 0 saturated heterocycles. The van der Waals surface area contributed by atoms with Gasteiger partial charge in [-0.15, -0.1) is 0 Å². The normalized spacial score (nSPS) is 17.2. The molecule has 1 aliphatic rings. The molecule has 0 bridgehead atoms. The second-order valence-corrected chi connectivity index (χ2v) is 3.96. The molecule has 2 rings (SSSR count). The van der Waals surface area contributed by atoms with Crippen molar-refractivity contribution in [2.24, 2.45) is 0 Å². The third kappa shape index (κ3) is 2.08. The summed E-state index contributed by atoms with van der Waals surface area (Å²) < 4.78 is 5.29. The first-order valence-electron chi connectivity index (χ1n) is 4.92. The largest absolute Gasteiger partial charge is 0.450 e. The highest BCUT2D eigenvalue weighted by Crippen LogP contribution is 2.34. The number of benzene rings is 1. The van der Waals surface area contributed by atoms with Gasteiger partial charge in [-0.05, 0) is 6.92 Å². The van der Waals surface area contributed by atoms with Gasteiger partial charge in [-0.1, -0.05) is 41.4 Å². The average molecular weight is 246 g/mol. The van der Waals surface area contributed by atoms with Gasteiger partial charge in [-0.25, -0.2) is 0 Å². The van der Waals surface area contributed by atoms with Crippen molar-refractivity contribution in [2.45, 2.75) is 6.92 Å². The molecule has 17 heavy (non-hydrogen) atoms. The van der Waals surface area contributed by atoms with Crippen molar-refractivity contribution >= 4 is 23.1 Å². The zero-order valence-electron chi connectivity index (χ0n) is 9.03. The molecule has 0 radical (unpaired) electrons. The monoisotopic (exact) mass is 245 g/mol. The number of aryl methyl sites for hydroxylation is 1. The molecule has 0 fully saturated rings. The quantitative estimate of drug-likeness (QED) is 0.565. The van der Waals surface area contributed by atoms with Gasteiger partial charge in [0.05, 0.1) is 12.1 Å². The molecule has 1 heterocycles. The van der Waals surface area contributed by atoms with Crippen molar-refractivity contribution in [3.8, 4) is 6.07 Å². The molecular weight excluding hydrogens is 238 g/mol. The number of nitriles is 1. The van der Waals surface area contributed by atoms with Crippen LogP contribution in [0.3, 0.4) is 0 Å². The number of rotatable bonds is 1. The minimum Gasteiger partial charge on any atom is -0.450 e. The number of nitrogens with zero attached hydrogens (tertiary/aromatic N) is 1. The maximum atomic E-state index is 11.6. The SMILES string of the molecule is Cc1ccc(C2=C(Cl)C(=O)/C(=C/C#N)O2)cc1. The molecule has 0 aromatic heterocycles. The van der Waals surface area contributed by atoms with Crippen LogP contribution in [0, 0.1) is 18.3 Å². The van der Waals surface area contributed by atoms with Crippen molar-refractivity contribution < 1.29 is 9.53 Å². The third-order valence-electron chi connectivity index (χ3n) is 2.34. The fourth-order valence-electron chi connectivity index (χ4n) is 1.46. The molecule has 0 unspecified atom stereocenters. The highest BCUT2D eigenvalue weighted by molar-refractivity contribution is 6.48. The Balaban J connectivity index is 2.41. The summed E-state index contributed by atoms with van der Waals surface area (Å²) in [7, 11) is 0. The van der Waals surface area contributed by atoms with Crippen molar-refractivity contribution in [3.05, 3.63) is 52.3 Å². The Bertz CT molecular complexity index is 576. The Morgan fingerprint density at radius 3 is 2.59 bits per heavy atom. The van der Waals surface area contributed by atoms with Crippen molar-refractivity contribution in [2.75, 3.05) is 0 Å². The van der Waals surface area contributed by atoms with E-state index >= 15 is 0 Å². The van der Waals surface area contributed by atoms with Gasteiger partial charge in [0, 0.05) is 5.56 Å². The molecule has 0 spiro atoms. The van der Waals surface area contributed by atoms with E-state index < -0.39 is 5.78 Å². The first-order chi connectivity index (χ1) is 8.13. The van der Waals surface area contributed by atoms with Gasteiger partial charge < -0.3 is 4.74 Å². The van der Waals surface area contributed by atoms with Crippen LogP contribution in [0.5, 0.6) is 0 Å². The molecular formula is C13H8ClNO2. The second kappa shape index (κ2) is 4.44. The summed E-state index contributed by atoms with van der Waals surface area (Å²) in [5, 5.41) is 8.51. The minimum absolute atomic E-state index is 0.00959. The van der Waals surface area contributed by atoms with E-state index in [2.05, 4.69) is 0 Å². The Labute approximate surface area is 104 Å². The van der Waals surface area contributed by atoms with Gasteiger partial charge in [0.1, 0.15) is 5.03 Å². The Hall–Kier alpha value is -2.05. The Morgan fingerprint density at radius 2 is 2.00 bits per heavy atom. The fraction of sp³-hybridized carbons (Fsp3) is 0.0769. The molecule has 4 heteroatoms. The van der Waals surface area contributed by atoms with Crippen molar-refractivity contribution in [1.82, 2.24) is 0 Å². The van der Waals surface area contributed by atoms with E-state index in [9.17, 15) is 4.79 Å². The van der Waals surface area contributed by atoms with Crippen LogP contribution in [0.25, 0.3) is 5.76 Å². The Kier molecular flexibility index (Phi) is 2.99. The molecule has 1 aliphatic heterocycles. The molecule has 84 valence electrons. The van der Waals surface area contributed by atoms with Gasteiger partial charge in [0.2, 0.25) is 5.78 Å². The smallest absolute Gasteiger partial charge is 0.244 e. The molecule has 0 atom stereocenters. The second-order valence-electron chi connectivity index (χ2n) is 3.58. The summed E-state index contributed by atoms with van der Waals surface area (Å²) >= 11 is 5.89. The van der Waals surface area contributed by atoms with Crippen molar-refractivity contribution in [1.29, 1.82) is 5.26 Å². The minimum atomic E-state index is -0.455. The number of hydrogen-bond donors (Lipinski definition) is 0. The maximum Gasteiger partial charge on any atom is 0.244 e. The van der Waals surface area contributed by atoms with Gasteiger partial charge >= 0.3 is 0 Å². The van der Waals surface area contributed by atoms with Crippen LogP contribution >= 0.6 is 11.6 Å². The molecule has 1 aromatic rings. The van der Waals surface area contributed by atoms with Gasteiger partial charge in [-0.3, -0.25) is 4.79 Å². The molecule has 3 nitrogen and oxygen atoms in total. The van der Waals surface area contributed by atoms with E-state index in [1.807, 2.05) is 31.2 Å². The summed E-state index contributed by atoms with van der Waals surface area (Å²) in [6.07, 6.45) is 1.05. The molecule has 0 aliphatic carbocycles. The van der Waals surface area contributed by atoms with E-state index in [0.29, 0.717) is 5.76 Å². The third-order valence-corrected chi connectivity index (χ3v) is 2.69. The van der Waals surface area contributed by atoms with Crippen LogP contribution in [-0.4, -0.2) is 5.78 Å². The molecule has 0 amide bonds. The number of hydrogen-bond acceptors (Lipinski definition) is 3. The van der Waals surface area contributed by atoms with E-state index in [0.717, 1.165) is 17.2 Å². The fourth-order valence-corrected chi connectivity index (χ4v) is 1.70. The summed E-state index contributed by atoms with van der Waals surface area (Å²) in [6.45, 7) is 1.96. The lowest BCUT2D eigenvalue weighted by molar-refractivity contribution is -0.112. The standard InChI is InChI=1S/C13H8ClNO2/c1-8-2-4-9(5-3-8)13-11(14)12(16)10(17-13)6-7-15/h2-6H,1H3/b10-6-. The van der Waals surface area contributed by atoms with Crippen LogP contribution in [0.1, 0.15) is 11.1 Å². The first kappa shape index (κ1) is 11.4. The maximum absolute atomic E-state index is 11.6. The van der Waals surface area contributed by atoms with Crippen LogP contribution in [0.4, 0.5) is 0 Å². The van der Waals surface area contributed by atoms with Crippen LogP contribution in [0.15, 0.2) is 41.1 Å². The number of halogens is 1. The topological polar surface area (TPSA) is 50.1 Å². The van der Waals surface area contributed by atoms with Crippen LogP contribution < -0.4 is 0 Å². The van der Waals surface area contributed by atoms with Gasteiger partial charge in [0.15, 0.2) is 11.5 Å². The van der Waals surface area contributed by atoms with E-state index in [4.69, 9.17) is 21.6 Å². The number of ketones is 1. The summed E-state index contributed by atoms with van der Waals surface area (Å²) in [5.74, 6) is -0.185. The first-order valence-corrected chi connectivity index (χ1v) is 5.30. The lowest BCUT2D eigenvalue weighted by atomic mass is 10.1. The number of ether oxygens (including phenoxy) is 1. The Morgan fingerprint density at radius 1 is 1.35 bits per heavy atom. The zero-order chi connectivity index (χ0) is 12.4. The number of carbonyl (C=O) groups is 1. The highest BCUT2D eigenvalue weighted by atomic mass is 35.5. The number of carbonyl (C=O) groups excluding carboxylic acids is 1. The lowest BCUT2D eigenvalue weighted by Gasteiger charge is -2.03. The van der Waals surface area contributed by atoms with E-state index in [1.54, 1.807) is 6.07 Å². The van der Waals surface area contributed by atoms with E-state index in [1.165, 1.54) is 0 Å². The summed E-state index contributed by atoms with van der Waals surface area (Å²) in [5.41, 5.74) is 1.82. The molecule has 0 N–H and O–H groups in total. The predicted molar refractivity (Wildman–Crippen MR) is 63.7 cm³/mol. The highest BCUT2D eigenvalue weighted by Gasteiger charge is 2.29. The number of allylic oxidation sites excluding steroid dienone is 2. The average Bonchev–Trinajstić information content (AvgIpc) is 2.59. The summed E-state index contributed by atoms with van der Waals surface area (Å²) in [4.78, 5) is 11.6. The van der Waals surface area contributed by atoms with Gasteiger partial charge in [0.25, 0.3) is 0 Å². The molecule has 0 saturated carbocycles. The van der Waals surface area contributed by atoms with Crippen LogP contribution in [-0.2, 0) is 9.53 Å². The van der Waals surface area contributed by atoms with Crippen molar-refractivity contribution in [3.63, 3.8) is 0 Å². The predicted octanol–water partition coefficient (Wildman–Crippen LogP) is 2.91. The zero-order valence-corrected chi connectivity index (χ0v) is 9.78. The lowest BCUT2D eigenvalue weighted by Crippen LogP contribution is -1.94. The van der Waals surface area contributed by atoms with E-state index in [-0.39, 0.29) is 10.8 Å². The molecule has 1 aromatic carbocycles. The van der Waals surface area contributed by atoms with Crippen LogP contribution in [0.2, 0.25) is 0 Å². The van der Waals surface area contributed by atoms with Gasteiger partial charge in [-0.2, -0.15) is 5.26 Å².